The van der Waals surface area contributed by atoms with Gasteiger partial charge in [-0.25, -0.2) is 14.4 Å². The lowest BCUT2D eigenvalue weighted by atomic mass is 9.95. The maximum atomic E-state index is 12.9. The van der Waals surface area contributed by atoms with Crippen LogP contribution in [-0.2, 0) is 0 Å². The summed E-state index contributed by atoms with van der Waals surface area (Å²) in [6.07, 6.45) is 9.02. The summed E-state index contributed by atoms with van der Waals surface area (Å²) in [5, 5.41) is 0. The minimum absolute atomic E-state index is 0.366. The molecule has 0 aromatic carbocycles. The zero-order valence-electron chi connectivity index (χ0n) is 12.8. The van der Waals surface area contributed by atoms with Gasteiger partial charge in [0.25, 0.3) is 0 Å². The summed E-state index contributed by atoms with van der Waals surface area (Å²) in [5.41, 5.74) is 0. The van der Waals surface area contributed by atoms with Crippen LogP contribution in [0.5, 0.6) is 0 Å². The van der Waals surface area contributed by atoms with E-state index < -0.39 is 0 Å². The van der Waals surface area contributed by atoms with Crippen molar-refractivity contribution in [2.45, 2.75) is 45.1 Å². The Morgan fingerprint density at radius 3 is 2.71 bits per heavy atom. The van der Waals surface area contributed by atoms with Crippen molar-refractivity contribution in [3.05, 3.63) is 18.2 Å². The predicted molar refractivity (Wildman–Crippen MR) is 81.8 cm³/mol. The van der Waals surface area contributed by atoms with E-state index in [0.717, 1.165) is 19.1 Å². The molecule has 2 aliphatic rings. The Morgan fingerprint density at radius 1 is 1.14 bits per heavy atom. The van der Waals surface area contributed by atoms with Gasteiger partial charge in [0.2, 0.25) is 5.95 Å². The highest BCUT2D eigenvalue weighted by Gasteiger charge is 2.26. The summed E-state index contributed by atoms with van der Waals surface area (Å²) in [5.74, 6) is 0.982. The van der Waals surface area contributed by atoms with Crippen LogP contribution in [0, 0.1) is 11.7 Å². The summed E-state index contributed by atoms with van der Waals surface area (Å²) in [6.45, 7) is 6.75. The van der Waals surface area contributed by atoms with Gasteiger partial charge in [-0.05, 0) is 45.1 Å². The van der Waals surface area contributed by atoms with E-state index in [2.05, 4.69) is 26.7 Å². The third-order valence-corrected chi connectivity index (χ3v) is 4.84. The summed E-state index contributed by atoms with van der Waals surface area (Å²) in [6, 6.07) is 0.719. The zero-order valence-corrected chi connectivity index (χ0v) is 12.8. The Kier molecular flexibility index (Phi) is 4.68. The van der Waals surface area contributed by atoms with Crippen LogP contribution in [0.15, 0.2) is 12.4 Å². The van der Waals surface area contributed by atoms with Crippen molar-refractivity contribution >= 4 is 5.95 Å². The second-order valence-electron chi connectivity index (χ2n) is 6.50. The van der Waals surface area contributed by atoms with Gasteiger partial charge in [0, 0.05) is 25.7 Å². The molecule has 21 heavy (non-hydrogen) atoms. The molecule has 0 aliphatic carbocycles. The minimum atomic E-state index is -0.366. The summed E-state index contributed by atoms with van der Waals surface area (Å²) in [4.78, 5) is 13.1. The fourth-order valence-corrected chi connectivity index (χ4v) is 3.62. The van der Waals surface area contributed by atoms with E-state index in [1.807, 2.05) is 0 Å². The summed E-state index contributed by atoms with van der Waals surface area (Å²) >= 11 is 0. The Labute approximate surface area is 126 Å². The molecule has 4 nitrogen and oxygen atoms in total. The monoisotopic (exact) mass is 292 g/mol. The topological polar surface area (TPSA) is 32.3 Å². The highest BCUT2D eigenvalue weighted by molar-refractivity contribution is 5.29. The van der Waals surface area contributed by atoms with Gasteiger partial charge in [-0.15, -0.1) is 0 Å². The molecule has 0 unspecified atom stereocenters. The Morgan fingerprint density at radius 2 is 1.95 bits per heavy atom. The first-order valence-corrected chi connectivity index (χ1v) is 8.19. The van der Waals surface area contributed by atoms with E-state index in [9.17, 15) is 4.39 Å². The number of anilines is 1. The number of likely N-dealkylation sites (tertiary alicyclic amines) is 1. The van der Waals surface area contributed by atoms with Gasteiger partial charge in [-0.1, -0.05) is 6.42 Å². The maximum absolute atomic E-state index is 12.9. The van der Waals surface area contributed by atoms with Gasteiger partial charge in [0.05, 0.1) is 12.4 Å². The van der Waals surface area contributed by atoms with Crippen LogP contribution in [0.1, 0.15) is 39.0 Å². The second-order valence-corrected chi connectivity index (χ2v) is 6.50. The number of hydrogen-bond donors (Lipinski definition) is 0. The van der Waals surface area contributed by atoms with Crippen LogP contribution in [-0.4, -0.2) is 47.1 Å². The third-order valence-electron chi connectivity index (χ3n) is 4.84. The van der Waals surface area contributed by atoms with Crippen molar-refractivity contribution in [3.8, 4) is 0 Å². The van der Waals surface area contributed by atoms with Gasteiger partial charge >= 0.3 is 0 Å². The van der Waals surface area contributed by atoms with Crippen molar-refractivity contribution in [1.29, 1.82) is 0 Å². The van der Waals surface area contributed by atoms with E-state index in [1.54, 1.807) is 0 Å². The molecule has 2 atom stereocenters. The standard InChI is InChI=1S/C16H25FN4/c1-13-5-2-3-7-20(13)11-14-6-4-8-21(12-14)16-18-9-15(17)10-19-16/h9-10,13-14H,2-8,11-12H2,1H3/t13-,14-/m0/s1. The van der Waals surface area contributed by atoms with Crippen LogP contribution < -0.4 is 4.90 Å². The van der Waals surface area contributed by atoms with Crippen molar-refractivity contribution in [2.24, 2.45) is 5.92 Å². The molecule has 2 fully saturated rings. The Hall–Kier alpha value is -1.23. The number of piperidine rings is 2. The molecule has 0 N–H and O–H groups in total. The largest absolute Gasteiger partial charge is 0.341 e. The van der Waals surface area contributed by atoms with Gasteiger partial charge < -0.3 is 9.80 Å². The molecule has 2 aliphatic heterocycles. The Balaban J connectivity index is 1.59. The lowest BCUT2D eigenvalue weighted by Crippen LogP contribution is -2.45. The average Bonchev–Trinajstić information content (AvgIpc) is 2.51. The first kappa shape index (κ1) is 14.7. The van der Waals surface area contributed by atoms with Crippen LogP contribution in [0.25, 0.3) is 0 Å². The van der Waals surface area contributed by atoms with Crippen LogP contribution in [0.4, 0.5) is 10.3 Å². The predicted octanol–water partition coefficient (Wildman–Crippen LogP) is 2.71. The summed E-state index contributed by atoms with van der Waals surface area (Å²) < 4.78 is 12.9. The molecule has 5 heteroatoms. The van der Waals surface area contributed by atoms with Crippen LogP contribution >= 0.6 is 0 Å². The molecule has 0 amide bonds. The van der Waals surface area contributed by atoms with E-state index in [1.165, 1.54) is 57.6 Å². The smallest absolute Gasteiger partial charge is 0.225 e. The number of rotatable bonds is 3. The van der Waals surface area contributed by atoms with Crippen molar-refractivity contribution in [3.63, 3.8) is 0 Å². The molecule has 3 heterocycles. The normalized spacial score (nSPS) is 27.8. The lowest BCUT2D eigenvalue weighted by molar-refractivity contribution is 0.130. The van der Waals surface area contributed by atoms with Crippen molar-refractivity contribution in [1.82, 2.24) is 14.9 Å². The zero-order chi connectivity index (χ0) is 14.7. The third kappa shape index (κ3) is 3.70. The number of hydrogen-bond acceptors (Lipinski definition) is 4. The SMILES string of the molecule is C[C@H]1CCCCN1C[C@@H]1CCCN(c2ncc(F)cn2)C1. The van der Waals surface area contributed by atoms with Gasteiger partial charge in [0.1, 0.15) is 0 Å². The first-order valence-electron chi connectivity index (χ1n) is 8.19. The van der Waals surface area contributed by atoms with E-state index in [-0.39, 0.29) is 5.82 Å². The minimum Gasteiger partial charge on any atom is -0.341 e. The van der Waals surface area contributed by atoms with Gasteiger partial charge in [-0.2, -0.15) is 0 Å². The molecule has 0 spiro atoms. The fourth-order valence-electron chi connectivity index (χ4n) is 3.62. The number of aromatic nitrogens is 2. The van der Waals surface area contributed by atoms with Gasteiger partial charge in [0.15, 0.2) is 5.82 Å². The molecule has 116 valence electrons. The first-order chi connectivity index (χ1) is 10.2. The second kappa shape index (κ2) is 6.69. The van der Waals surface area contributed by atoms with Crippen LogP contribution in [0.3, 0.4) is 0 Å². The molecular weight excluding hydrogens is 267 g/mol. The van der Waals surface area contributed by atoms with Crippen molar-refractivity contribution in [2.75, 3.05) is 31.1 Å². The van der Waals surface area contributed by atoms with Gasteiger partial charge in [-0.3, -0.25) is 0 Å². The molecule has 2 saturated heterocycles. The number of halogens is 1. The molecule has 3 rings (SSSR count). The molecule has 0 saturated carbocycles. The maximum Gasteiger partial charge on any atom is 0.225 e. The number of nitrogens with zero attached hydrogens (tertiary/aromatic N) is 4. The van der Waals surface area contributed by atoms with Crippen molar-refractivity contribution < 1.29 is 4.39 Å². The lowest BCUT2D eigenvalue weighted by Gasteiger charge is -2.39. The van der Waals surface area contributed by atoms with E-state index in [0.29, 0.717) is 11.9 Å². The Bertz CT molecular complexity index is 450. The average molecular weight is 292 g/mol. The molecule has 0 radical (unpaired) electrons. The molecule has 0 bridgehead atoms. The highest BCUT2D eigenvalue weighted by atomic mass is 19.1. The molecule has 1 aromatic heterocycles. The highest BCUT2D eigenvalue weighted by Crippen LogP contribution is 2.24. The summed E-state index contributed by atoms with van der Waals surface area (Å²) in [7, 11) is 0. The fraction of sp³-hybridized carbons (Fsp3) is 0.750. The molecule has 1 aromatic rings. The van der Waals surface area contributed by atoms with E-state index >= 15 is 0 Å². The van der Waals surface area contributed by atoms with Crippen LogP contribution in [0.2, 0.25) is 0 Å². The van der Waals surface area contributed by atoms with E-state index in [4.69, 9.17) is 0 Å². The quantitative estimate of drug-likeness (QED) is 0.857. The molecular formula is C16H25FN4.